The Bertz CT molecular complexity index is 397. The minimum absolute atomic E-state index is 0.122. The average molecular weight is 263 g/mol. The molecule has 2 aliphatic heterocycles. The molecule has 0 aromatic rings. The summed E-state index contributed by atoms with van der Waals surface area (Å²) in [5, 5.41) is 19.8. The van der Waals surface area contributed by atoms with Crippen molar-refractivity contribution in [3.63, 3.8) is 0 Å². The molecule has 4 nitrogen and oxygen atoms in total. The fraction of sp³-hybridized carbons (Fsp3) is 0.933. The second-order valence-corrected chi connectivity index (χ2v) is 7.38. The van der Waals surface area contributed by atoms with Crippen molar-refractivity contribution < 1.29 is 5.11 Å². The summed E-state index contributed by atoms with van der Waals surface area (Å²) in [7, 11) is 0. The van der Waals surface area contributed by atoms with Gasteiger partial charge in [0, 0.05) is 24.7 Å². The molecule has 3 aliphatic rings. The Kier molecular flexibility index (Phi) is 3.12. The molecule has 2 bridgehead atoms. The van der Waals surface area contributed by atoms with E-state index < -0.39 is 0 Å². The van der Waals surface area contributed by atoms with Gasteiger partial charge in [-0.25, -0.2) is 0 Å². The monoisotopic (exact) mass is 263 g/mol. The van der Waals surface area contributed by atoms with Crippen LogP contribution >= 0.6 is 0 Å². The van der Waals surface area contributed by atoms with Gasteiger partial charge in [-0.1, -0.05) is 6.42 Å². The fourth-order valence-electron chi connectivity index (χ4n) is 4.39. The lowest BCUT2D eigenvalue weighted by Crippen LogP contribution is -2.56. The molecule has 19 heavy (non-hydrogen) atoms. The molecule has 0 spiro atoms. The number of hydrogen-bond acceptors (Lipinski definition) is 4. The van der Waals surface area contributed by atoms with Crippen LogP contribution in [0.15, 0.2) is 0 Å². The molecule has 1 saturated carbocycles. The molecule has 0 aromatic heterocycles. The van der Waals surface area contributed by atoms with Gasteiger partial charge in [0.1, 0.15) is 0 Å². The fourth-order valence-corrected chi connectivity index (χ4v) is 4.39. The predicted octanol–water partition coefficient (Wildman–Crippen LogP) is 1.21. The van der Waals surface area contributed by atoms with Crippen LogP contribution in [0.4, 0.5) is 0 Å². The van der Waals surface area contributed by atoms with Gasteiger partial charge in [-0.3, -0.25) is 9.80 Å². The number of rotatable bonds is 1. The summed E-state index contributed by atoms with van der Waals surface area (Å²) < 4.78 is 0. The molecule has 2 heterocycles. The molecule has 0 radical (unpaired) electrons. The van der Waals surface area contributed by atoms with Crippen LogP contribution in [0.5, 0.6) is 0 Å². The summed E-state index contributed by atoms with van der Waals surface area (Å²) in [6.45, 7) is 8.55. The zero-order valence-corrected chi connectivity index (χ0v) is 12.2. The summed E-state index contributed by atoms with van der Waals surface area (Å²) in [6, 6.07) is 3.35. The highest BCUT2D eigenvalue weighted by molar-refractivity contribution is 5.13. The molecule has 4 heteroatoms. The minimum Gasteiger partial charge on any atom is -0.390 e. The average Bonchev–Trinajstić information content (AvgIpc) is 3.01. The lowest BCUT2D eigenvalue weighted by atomic mass is 10.0. The molecular formula is C15H25N3O. The predicted molar refractivity (Wildman–Crippen MR) is 73.5 cm³/mol. The van der Waals surface area contributed by atoms with Gasteiger partial charge >= 0.3 is 0 Å². The normalized spacial score (nSPS) is 43.8. The van der Waals surface area contributed by atoms with Crippen LogP contribution in [0.3, 0.4) is 0 Å². The van der Waals surface area contributed by atoms with Gasteiger partial charge < -0.3 is 5.11 Å². The van der Waals surface area contributed by atoms with Crippen LogP contribution in [-0.4, -0.2) is 57.8 Å². The molecule has 5 atom stereocenters. The van der Waals surface area contributed by atoms with E-state index in [1.807, 2.05) is 0 Å². The van der Waals surface area contributed by atoms with Crippen molar-refractivity contribution in [2.45, 2.75) is 69.8 Å². The van der Waals surface area contributed by atoms with Crippen molar-refractivity contribution in [1.82, 2.24) is 9.80 Å². The number of aliphatic hydroxyl groups excluding tert-OH is 1. The van der Waals surface area contributed by atoms with Crippen LogP contribution in [0.25, 0.3) is 0 Å². The van der Waals surface area contributed by atoms with Crippen LogP contribution in [0.2, 0.25) is 0 Å². The number of nitrogens with zero attached hydrogens (tertiary/aromatic N) is 3. The smallest absolute Gasteiger partial charge is 0.0875 e. The van der Waals surface area contributed by atoms with Crippen LogP contribution in [-0.2, 0) is 0 Å². The quantitative estimate of drug-likeness (QED) is 0.772. The Morgan fingerprint density at radius 3 is 2.37 bits per heavy atom. The first kappa shape index (κ1) is 13.4. The summed E-state index contributed by atoms with van der Waals surface area (Å²) in [5.74, 6) is 0.176. The minimum atomic E-state index is -0.237. The highest BCUT2D eigenvalue weighted by atomic mass is 16.3. The Morgan fingerprint density at radius 1 is 1.11 bits per heavy atom. The van der Waals surface area contributed by atoms with E-state index in [1.165, 1.54) is 0 Å². The summed E-state index contributed by atoms with van der Waals surface area (Å²) in [4.78, 5) is 4.88. The Morgan fingerprint density at radius 2 is 1.84 bits per heavy atom. The maximum Gasteiger partial charge on any atom is 0.0875 e. The van der Waals surface area contributed by atoms with Gasteiger partial charge in [0.25, 0.3) is 0 Å². The molecule has 1 aliphatic carbocycles. The zero-order valence-electron chi connectivity index (χ0n) is 12.2. The second kappa shape index (κ2) is 4.44. The Hall–Kier alpha value is -0.630. The van der Waals surface area contributed by atoms with Crippen molar-refractivity contribution >= 4 is 0 Å². The molecule has 5 unspecified atom stereocenters. The molecule has 1 N–H and O–H groups in total. The van der Waals surface area contributed by atoms with Crippen molar-refractivity contribution in [3.8, 4) is 6.07 Å². The topological polar surface area (TPSA) is 50.5 Å². The molecule has 2 saturated heterocycles. The molecule has 3 rings (SSSR count). The third-order valence-electron chi connectivity index (χ3n) is 5.33. The first-order valence-corrected chi connectivity index (χ1v) is 7.53. The van der Waals surface area contributed by atoms with Crippen LogP contribution in [0.1, 0.15) is 40.0 Å². The van der Waals surface area contributed by atoms with Gasteiger partial charge in [-0.2, -0.15) is 5.26 Å². The van der Waals surface area contributed by atoms with E-state index in [2.05, 4.69) is 36.6 Å². The standard InChI is InChI=1S/C15H25N3O/c1-15(2,3)18-9-12-14(19)13(18)8-17(12)11-6-4-5-10(11)7-16/h10-14,19H,4-6,8-9H2,1-3H3. The van der Waals surface area contributed by atoms with Gasteiger partial charge in [0.2, 0.25) is 0 Å². The highest BCUT2D eigenvalue weighted by Crippen LogP contribution is 2.41. The van der Waals surface area contributed by atoms with Gasteiger partial charge in [0.05, 0.1) is 30.2 Å². The summed E-state index contributed by atoms with van der Waals surface area (Å²) in [6.07, 6.45) is 3.09. The maximum atomic E-state index is 10.5. The van der Waals surface area contributed by atoms with E-state index in [0.29, 0.717) is 6.04 Å². The molecule has 106 valence electrons. The Labute approximate surface area is 116 Å². The number of hydrogen-bond donors (Lipinski definition) is 1. The van der Waals surface area contributed by atoms with Crippen molar-refractivity contribution in [2.24, 2.45) is 5.92 Å². The zero-order chi connectivity index (χ0) is 13.8. The molecule has 0 amide bonds. The third kappa shape index (κ3) is 1.99. The molecule has 3 fully saturated rings. The largest absolute Gasteiger partial charge is 0.390 e. The first-order valence-electron chi connectivity index (χ1n) is 7.53. The number of aliphatic hydroxyl groups is 1. The molecular weight excluding hydrogens is 238 g/mol. The van der Waals surface area contributed by atoms with Gasteiger partial charge in [0.15, 0.2) is 0 Å². The SMILES string of the molecule is CC(C)(C)N1CC2C(O)C1CN2C1CCCC1C#N. The molecule has 0 aromatic carbocycles. The van der Waals surface area contributed by atoms with Crippen LogP contribution < -0.4 is 0 Å². The Balaban J connectivity index is 1.76. The number of piperazine rings is 1. The van der Waals surface area contributed by atoms with Crippen molar-refractivity contribution in [2.75, 3.05) is 13.1 Å². The number of likely N-dealkylation sites (tertiary alicyclic amines) is 2. The maximum absolute atomic E-state index is 10.5. The van der Waals surface area contributed by atoms with E-state index in [0.717, 1.165) is 32.4 Å². The second-order valence-electron chi connectivity index (χ2n) is 7.38. The lowest BCUT2D eigenvalue weighted by molar-refractivity contribution is 0.0338. The number of fused-ring (bicyclic) bond motifs is 2. The first-order chi connectivity index (χ1) is 8.93. The van der Waals surface area contributed by atoms with Crippen molar-refractivity contribution in [3.05, 3.63) is 0 Å². The van der Waals surface area contributed by atoms with E-state index in [4.69, 9.17) is 0 Å². The highest BCUT2D eigenvalue weighted by Gasteiger charge is 2.55. The number of nitriles is 1. The van der Waals surface area contributed by atoms with E-state index in [1.54, 1.807) is 0 Å². The summed E-state index contributed by atoms with van der Waals surface area (Å²) >= 11 is 0. The van der Waals surface area contributed by atoms with Gasteiger partial charge in [-0.15, -0.1) is 0 Å². The van der Waals surface area contributed by atoms with E-state index >= 15 is 0 Å². The van der Waals surface area contributed by atoms with Crippen molar-refractivity contribution in [1.29, 1.82) is 5.26 Å². The lowest BCUT2D eigenvalue weighted by Gasteiger charge is -2.43. The summed E-state index contributed by atoms with van der Waals surface area (Å²) in [5.41, 5.74) is 0.122. The van der Waals surface area contributed by atoms with Crippen LogP contribution in [0, 0.1) is 17.2 Å². The van der Waals surface area contributed by atoms with Gasteiger partial charge in [-0.05, 0) is 33.6 Å². The van der Waals surface area contributed by atoms with E-state index in [9.17, 15) is 10.4 Å². The van der Waals surface area contributed by atoms with E-state index in [-0.39, 0.29) is 29.6 Å². The third-order valence-corrected chi connectivity index (χ3v) is 5.33.